The first-order valence-electron chi connectivity index (χ1n) is 7.53. The molecule has 1 saturated heterocycles. The molecule has 1 saturated carbocycles. The smallest absolute Gasteiger partial charge is 0.228 e. The Bertz CT molecular complexity index is 313. The van der Waals surface area contributed by atoms with Crippen LogP contribution >= 0.6 is 0 Å². The molecule has 2 aliphatic rings. The molecule has 0 radical (unpaired) electrons. The van der Waals surface area contributed by atoms with Crippen LogP contribution in [0.25, 0.3) is 0 Å². The fourth-order valence-electron chi connectivity index (χ4n) is 3.18. The maximum Gasteiger partial charge on any atom is 0.228 e. The van der Waals surface area contributed by atoms with Crippen LogP contribution in [0.2, 0.25) is 0 Å². The van der Waals surface area contributed by atoms with E-state index in [1.807, 2.05) is 0 Å². The van der Waals surface area contributed by atoms with Gasteiger partial charge in [0, 0.05) is 13.7 Å². The maximum atomic E-state index is 12.6. The molecule has 19 heavy (non-hydrogen) atoms. The third-order valence-corrected chi connectivity index (χ3v) is 5.18. The molecular weight excluding hydrogens is 240 g/mol. The standard InChI is InChI=1S/C15H28N2O2/c1-12(2)14(4-5-14)10-17-13(18)15(11-19-3)6-8-16-9-7-15/h12,16H,4-11H2,1-3H3,(H,17,18). The lowest BCUT2D eigenvalue weighted by molar-refractivity contribution is -0.136. The highest BCUT2D eigenvalue weighted by Crippen LogP contribution is 2.51. The zero-order valence-electron chi connectivity index (χ0n) is 12.6. The van der Waals surface area contributed by atoms with Gasteiger partial charge >= 0.3 is 0 Å². The van der Waals surface area contributed by atoms with Crippen LogP contribution in [-0.4, -0.2) is 39.3 Å². The molecule has 4 heteroatoms. The number of piperidine rings is 1. The summed E-state index contributed by atoms with van der Waals surface area (Å²) in [6, 6.07) is 0. The van der Waals surface area contributed by atoms with E-state index in [0.29, 0.717) is 17.9 Å². The Kier molecular flexibility index (Phi) is 4.51. The van der Waals surface area contributed by atoms with Crippen LogP contribution in [0.5, 0.6) is 0 Å². The van der Waals surface area contributed by atoms with Crippen LogP contribution in [0, 0.1) is 16.7 Å². The lowest BCUT2D eigenvalue weighted by Crippen LogP contribution is -2.51. The SMILES string of the molecule is COCC1(C(=O)NCC2(C(C)C)CC2)CCNCC1. The molecule has 0 aromatic heterocycles. The van der Waals surface area contributed by atoms with Crippen molar-refractivity contribution in [2.45, 2.75) is 39.5 Å². The van der Waals surface area contributed by atoms with E-state index in [4.69, 9.17) is 4.74 Å². The van der Waals surface area contributed by atoms with E-state index in [1.54, 1.807) is 7.11 Å². The van der Waals surface area contributed by atoms with Crippen molar-refractivity contribution < 1.29 is 9.53 Å². The first-order valence-corrected chi connectivity index (χ1v) is 7.53. The van der Waals surface area contributed by atoms with Crippen molar-refractivity contribution in [3.05, 3.63) is 0 Å². The molecular formula is C15H28N2O2. The van der Waals surface area contributed by atoms with E-state index in [2.05, 4.69) is 24.5 Å². The average molecular weight is 268 g/mol. The van der Waals surface area contributed by atoms with Crippen LogP contribution in [-0.2, 0) is 9.53 Å². The fourth-order valence-corrected chi connectivity index (χ4v) is 3.18. The third-order valence-electron chi connectivity index (χ3n) is 5.18. The minimum Gasteiger partial charge on any atom is -0.384 e. The van der Waals surface area contributed by atoms with Gasteiger partial charge in [-0.3, -0.25) is 4.79 Å². The Morgan fingerprint density at radius 1 is 1.26 bits per heavy atom. The van der Waals surface area contributed by atoms with Crippen molar-refractivity contribution in [1.29, 1.82) is 0 Å². The Morgan fingerprint density at radius 2 is 1.89 bits per heavy atom. The number of nitrogens with one attached hydrogen (secondary N) is 2. The molecule has 4 nitrogen and oxygen atoms in total. The molecule has 1 aliphatic heterocycles. The zero-order valence-corrected chi connectivity index (χ0v) is 12.6. The highest BCUT2D eigenvalue weighted by Gasteiger charge is 2.47. The van der Waals surface area contributed by atoms with Gasteiger partial charge in [0.05, 0.1) is 12.0 Å². The van der Waals surface area contributed by atoms with Crippen LogP contribution in [0.3, 0.4) is 0 Å². The number of rotatable bonds is 6. The molecule has 2 rings (SSSR count). The maximum absolute atomic E-state index is 12.6. The van der Waals surface area contributed by atoms with E-state index >= 15 is 0 Å². The molecule has 0 spiro atoms. The number of carbonyl (C=O) groups is 1. The molecule has 0 atom stereocenters. The average Bonchev–Trinajstić information content (AvgIpc) is 3.18. The van der Waals surface area contributed by atoms with Gasteiger partial charge in [0.1, 0.15) is 0 Å². The summed E-state index contributed by atoms with van der Waals surface area (Å²) in [6.45, 7) is 7.71. The monoisotopic (exact) mass is 268 g/mol. The Hall–Kier alpha value is -0.610. The van der Waals surface area contributed by atoms with E-state index in [-0.39, 0.29) is 11.3 Å². The topological polar surface area (TPSA) is 50.4 Å². The van der Waals surface area contributed by atoms with Gasteiger partial charge in [0.25, 0.3) is 0 Å². The Morgan fingerprint density at radius 3 is 2.37 bits per heavy atom. The summed E-state index contributed by atoms with van der Waals surface area (Å²) < 4.78 is 5.31. The summed E-state index contributed by atoms with van der Waals surface area (Å²) >= 11 is 0. The highest BCUT2D eigenvalue weighted by atomic mass is 16.5. The van der Waals surface area contributed by atoms with Gasteiger partial charge in [-0.15, -0.1) is 0 Å². The summed E-state index contributed by atoms with van der Waals surface area (Å²) in [7, 11) is 1.69. The van der Waals surface area contributed by atoms with Gasteiger partial charge < -0.3 is 15.4 Å². The van der Waals surface area contributed by atoms with Crippen molar-refractivity contribution in [3.8, 4) is 0 Å². The van der Waals surface area contributed by atoms with Gasteiger partial charge in [-0.1, -0.05) is 13.8 Å². The van der Waals surface area contributed by atoms with E-state index in [1.165, 1.54) is 12.8 Å². The van der Waals surface area contributed by atoms with Gasteiger partial charge in [-0.2, -0.15) is 0 Å². The summed E-state index contributed by atoms with van der Waals surface area (Å²) in [5.74, 6) is 0.849. The first-order chi connectivity index (χ1) is 9.05. The largest absolute Gasteiger partial charge is 0.384 e. The number of methoxy groups -OCH3 is 1. The lowest BCUT2D eigenvalue weighted by Gasteiger charge is -2.36. The molecule has 2 fully saturated rings. The number of hydrogen-bond donors (Lipinski definition) is 2. The van der Waals surface area contributed by atoms with Crippen LogP contribution in [0.1, 0.15) is 39.5 Å². The zero-order chi connectivity index (χ0) is 13.9. The molecule has 110 valence electrons. The predicted octanol–water partition coefficient (Wildman–Crippen LogP) is 1.55. The molecule has 1 amide bonds. The van der Waals surface area contributed by atoms with E-state index in [0.717, 1.165) is 32.5 Å². The number of hydrogen-bond acceptors (Lipinski definition) is 3. The second kappa shape index (κ2) is 5.80. The van der Waals surface area contributed by atoms with Crippen molar-refractivity contribution in [1.82, 2.24) is 10.6 Å². The number of carbonyl (C=O) groups excluding carboxylic acids is 1. The van der Waals surface area contributed by atoms with Gasteiger partial charge in [-0.25, -0.2) is 0 Å². The number of ether oxygens (including phenoxy) is 1. The van der Waals surface area contributed by atoms with Crippen molar-refractivity contribution >= 4 is 5.91 Å². The quantitative estimate of drug-likeness (QED) is 0.768. The van der Waals surface area contributed by atoms with E-state index < -0.39 is 0 Å². The summed E-state index contributed by atoms with van der Waals surface area (Å²) in [4.78, 5) is 12.6. The van der Waals surface area contributed by atoms with Crippen LogP contribution in [0.4, 0.5) is 0 Å². The second-order valence-corrected chi connectivity index (χ2v) is 6.66. The van der Waals surface area contributed by atoms with Crippen molar-refractivity contribution in [2.75, 3.05) is 33.4 Å². The lowest BCUT2D eigenvalue weighted by atomic mass is 9.78. The second-order valence-electron chi connectivity index (χ2n) is 6.66. The normalized spacial score (nSPS) is 24.2. The molecule has 0 unspecified atom stereocenters. The van der Waals surface area contributed by atoms with Crippen molar-refractivity contribution in [3.63, 3.8) is 0 Å². The summed E-state index contributed by atoms with van der Waals surface area (Å²) in [6.07, 6.45) is 4.26. The Balaban J connectivity index is 1.92. The van der Waals surface area contributed by atoms with Gasteiger partial charge in [-0.05, 0) is 50.1 Å². The molecule has 0 aromatic carbocycles. The first kappa shape index (κ1) is 14.8. The predicted molar refractivity (Wildman–Crippen MR) is 75.9 cm³/mol. The summed E-state index contributed by atoms with van der Waals surface area (Å²) in [5.41, 5.74) is 0.0594. The van der Waals surface area contributed by atoms with Gasteiger partial charge in [0.2, 0.25) is 5.91 Å². The third kappa shape index (κ3) is 3.11. The Labute approximate surface area is 116 Å². The molecule has 0 bridgehead atoms. The molecule has 1 aliphatic carbocycles. The van der Waals surface area contributed by atoms with Gasteiger partial charge in [0.15, 0.2) is 0 Å². The van der Waals surface area contributed by atoms with Crippen LogP contribution in [0.15, 0.2) is 0 Å². The minimum atomic E-state index is -0.312. The molecule has 0 aromatic rings. The fraction of sp³-hybridized carbons (Fsp3) is 0.933. The molecule has 1 heterocycles. The van der Waals surface area contributed by atoms with E-state index in [9.17, 15) is 4.79 Å². The summed E-state index contributed by atoms with van der Waals surface area (Å²) in [5, 5.41) is 6.54. The van der Waals surface area contributed by atoms with Crippen molar-refractivity contribution in [2.24, 2.45) is 16.7 Å². The van der Waals surface area contributed by atoms with Crippen LogP contribution < -0.4 is 10.6 Å². The minimum absolute atomic E-state index is 0.197. The number of amides is 1. The highest BCUT2D eigenvalue weighted by molar-refractivity contribution is 5.83. The molecule has 2 N–H and O–H groups in total.